The van der Waals surface area contributed by atoms with Crippen LogP contribution >= 0.6 is 35.6 Å². The van der Waals surface area contributed by atoms with E-state index in [4.69, 9.17) is 16.3 Å². The molecule has 0 fully saturated rings. The van der Waals surface area contributed by atoms with Crippen molar-refractivity contribution in [1.29, 1.82) is 0 Å². The molecule has 1 heterocycles. The predicted molar refractivity (Wildman–Crippen MR) is 112 cm³/mol. The summed E-state index contributed by atoms with van der Waals surface area (Å²) in [5.74, 6) is 0.683. The van der Waals surface area contributed by atoms with Crippen LogP contribution in [-0.2, 0) is 11.3 Å². The number of guanidine groups is 1. The number of carbonyl (C=O) groups is 1. The Balaban J connectivity index is 0.00000576. The highest BCUT2D eigenvalue weighted by molar-refractivity contribution is 14.0. The average molecular weight is 484 g/mol. The van der Waals surface area contributed by atoms with Crippen molar-refractivity contribution < 1.29 is 9.53 Å². The molecular formula is C16H27ClIN5O2. The number of nitrogens with one attached hydrogen (secondary N) is 3. The Morgan fingerprint density at radius 3 is 2.48 bits per heavy atom. The minimum Gasteiger partial charge on any atom is -0.444 e. The summed E-state index contributed by atoms with van der Waals surface area (Å²) in [7, 11) is 1.70. The fourth-order valence-corrected chi connectivity index (χ4v) is 1.83. The monoisotopic (exact) mass is 483 g/mol. The number of nitrogens with zero attached hydrogens (tertiary/aromatic N) is 2. The van der Waals surface area contributed by atoms with Crippen LogP contribution in [0.3, 0.4) is 0 Å². The summed E-state index contributed by atoms with van der Waals surface area (Å²) in [6.45, 7) is 7.30. The van der Waals surface area contributed by atoms with Gasteiger partial charge in [-0.2, -0.15) is 0 Å². The lowest BCUT2D eigenvalue weighted by molar-refractivity contribution is 0.0527. The van der Waals surface area contributed by atoms with Gasteiger partial charge < -0.3 is 20.7 Å². The van der Waals surface area contributed by atoms with Crippen LogP contribution in [0.25, 0.3) is 0 Å². The van der Waals surface area contributed by atoms with Gasteiger partial charge in [-0.25, -0.2) is 9.78 Å². The van der Waals surface area contributed by atoms with Crippen LogP contribution in [-0.4, -0.2) is 42.8 Å². The van der Waals surface area contributed by atoms with Crippen LogP contribution < -0.4 is 16.0 Å². The molecule has 1 aromatic heterocycles. The number of hydrogen-bond donors (Lipinski definition) is 3. The fraction of sp³-hybridized carbons (Fsp3) is 0.562. The Kier molecular flexibility index (Phi) is 11.5. The highest BCUT2D eigenvalue weighted by Gasteiger charge is 2.15. The van der Waals surface area contributed by atoms with Gasteiger partial charge in [0.25, 0.3) is 0 Å². The largest absolute Gasteiger partial charge is 0.444 e. The van der Waals surface area contributed by atoms with Crippen molar-refractivity contribution >= 4 is 47.6 Å². The van der Waals surface area contributed by atoms with Crippen molar-refractivity contribution in [2.75, 3.05) is 20.1 Å². The average Bonchev–Trinajstić information content (AvgIpc) is 2.50. The predicted octanol–water partition coefficient (Wildman–Crippen LogP) is 2.93. The van der Waals surface area contributed by atoms with E-state index in [-0.39, 0.29) is 24.0 Å². The zero-order valence-electron chi connectivity index (χ0n) is 15.1. The van der Waals surface area contributed by atoms with E-state index in [2.05, 4.69) is 25.9 Å². The normalized spacial score (nSPS) is 11.3. The minimum atomic E-state index is -0.481. The summed E-state index contributed by atoms with van der Waals surface area (Å²) in [5, 5.41) is 9.54. The van der Waals surface area contributed by atoms with Crippen LogP contribution in [0.2, 0.25) is 5.15 Å². The molecule has 0 aliphatic heterocycles. The Morgan fingerprint density at radius 2 is 1.92 bits per heavy atom. The van der Waals surface area contributed by atoms with E-state index in [1.807, 2.05) is 26.8 Å². The maximum absolute atomic E-state index is 11.5. The van der Waals surface area contributed by atoms with E-state index in [1.54, 1.807) is 19.3 Å². The highest BCUT2D eigenvalue weighted by Crippen LogP contribution is 2.06. The van der Waals surface area contributed by atoms with Crippen LogP contribution in [0.15, 0.2) is 23.3 Å². The van der Waals surface area contributed by atoms with Gasteiger partial charge in [-0.05, 0) is 38.8 Å². The molecule has 0 bridgehead atoms. The maximum Gasteiger partial charge on any atom is 0.407 e. The summed E-state index contributed by atoms with van der Waals surface area (Å²) in [6.07, 6.45) is 2.07. The summed E-state index contributed by atoms with van der Waals surface area (Å²) < 4.78 is 5.16. The van der Waals surface area contributed by atoms with E-state index >= 15 is 0 Å². The number of rotatable bonds is 6. The number of amides is 1. The second kappa shape index (κ2) is 12.1. The third-order valence-corrected chi connectivity index (χ3v) is 3.01. The van der Waals surface area contributed by atoms with Gasteiger partial charge in [0, 0.05) is 32.9 Å². The molecule has 9 heteroatoms. The molecule has 3 N–H and O–H groups in total. The van der Waals surface area contributed by atoms with Gasteiger partial charge in [-0.1, -0.05) is 17.7 Å². The first-order chi connectivity index (χ1) is 11.3. The quantitative estimate of drug-likeness (QED) is 0.190. The zero-order valence-corrected chi connectivity index (χ0v) is 18.1. The first kappa shape index (κ1) is 23.7. The summed E-state index contributed by atoms with van der Waals surface area (Å²) in [4.78, 5) is 19.7. The van der Waals surface area contributed by atoms with E-state index in [0.29, 0.717) is 30.7 Å². The minimum absolute atomic E-state index is 0. The molecule has 7 nitrogen and oxygen atoms in total. The Morgan fingerprint density at radius 1 is 1.24 bits per heavy atom. The van der Waals surface area contributed by atoms with Crippen molar-refractivity contribution in [2.45, 2.75) is 39.3 Å². The van der Waals surface area contributed by atoms with Crippen LogP contribution in [0.5, 0.6) is 0 Å². The van der Waals surface area contributed by atoms with Gasteiger partial charge in [-0.3, -0.25) is 4.99 Å². The molecule has 25 heavy (non-hydrogen) atoms. The van der Waals surface area contributed by atoms with Crippen LogP contribution in [0.4, 0.5) is 4.79 Å². The molecule has 1 rings (SSSR count). The summed E-state index contributed by atoms with van der Waals surface area (Å²) in [6, 6.07) is 3.65. The lowest BCUT2D eigenvalue weighted by atomic mass is 10.2. The highest BCUT2D eigenvalue weighted by atomic mass is 127. The third kappa shape index (κ3) is 11.8. The van der Waals surface area contributed by atoms with Crippen LogP contribution in [0, 0.1) is 0 Å². The Hall–Kier alpha value is -1.29. The van der Waals surface area contributed by atoms with E-state index in [0.717, 1.165) is 12.0 Å². The van der Waals surface area contributed by atoms with Gasteiger partial charge in [-0.15, -0.1) is 24.0 Å². The number of pyridine rings is 1. The second-order valence-corrected chi connectivity index (χ2v) is 6.51. The second-order valence-electron chi connectivity index (χ2n) is 6.12. The van der Waals surface area contributed by atoms with E-state index < -0.39 is 11.7 Å². The topological polar surface area (TPSA) is 87.6 Å². The van der Waals surface area contributed by atoms with E-state index in [1.165, 1.54) is 0 Å². The molecule has 0 spiro atoms. The molecule has 0 unspecified atom stereocenters. The molecule has 142 valence electrons. The molecule has 0 atom stereocenters. The van der Waals surface area contributed by atoms with Gasteiger partial charge in [0.1, 0.15) is 10.8 Å². The number of halogens is 2. The van der Waals surface area contributed by atoms with Crippen molar-refractivity contribution in [3.8, 4) is 0 Å². The fourth-order valence-electron chi connectivity index (χ4n) is 1.72. The molecule has 0 aliphatic rings. The van der Waals surface area contributed by atoms with Crippen molar-refractivity contribution in [1.82, 2.24) is 20.9 Å². The first-order valence-electron chi connectivity index (χ1n) is 7.82. The van der Waals surface area contributed by atoms with Crippen LogP contribution in [0.1, 0.15) is 32.8 Å². The lowest BCUT2D eigenvalue weighted by Gasteiger charge is -2.19. The zero-order chi connectivity index (χ0) is 18.0. The number of alkyl carbamates (subject to hydrolysis) is 1. The lowest BCUT2D eigenvalue weighted by Crippen LogP contribution is -2.39. The van der Waals surface area contributed by atoms with Crippen molar-refractivity contribution in [3.63, 3.8) is 0 Å². The Bertz CT molecular complexity index is 546. The van der Waals surface area contributed by atoms with Crippen molar-refractivity contribution in [2.24, 2.45) is 4.99 Å². The summed E-state index contributed by atoms with van der Waals surface area (Å²) in [5.41, 5.74) is 0.527. The van der Waals surface area contributed by atoms with Crippen molar-refractivity contribution in [3.05, 3.63) is 29.0 Å². The standard InChI is InChI=1S/C16H26ClN5O2.HI/c1-16(2,3)24-15(23)20-9-5-8-19-14(18-4)22-11-12-6-7-13(17)21-10-12;/h6-7,10H,5,8-9,11H2,1-4H3,(H,20,23)(H2,18,19,22);1H. The van der Waals surface area contributed by atoms with Gasteiger partial charge in [0.05, 0.1) is 0 Å². The molecule has 0 radical (unpaired) electrons. The molecule has 0 saturated carbocycles. The first-order valence-corrected chi connectivity index (χ1v) is 8.20. The molecule has 1 amide bonds. The molecule has 0 saturated heterocycles. The third-order valence-electron chi connectivity index (χ3n) is 2.79. The van der Waals surface area contributed by atoms with E-state index in [9.17, 15) is 4.79 Å². The summed E-state index contributed by atoms with van der Waals surface area (Å²) >= 11 is 5.75. The number of carbonyl (C=O) groups excluding carboxylic acids is 1. The molecule has 0 aliphatic carbocycles. The molecule has 0 aromatic carbocycles. The smallest absolute Gasteiger partial charge is 0.407 e. The number of ether oxygens (including phenoxy) is 1. The number of aromatic nitrogens is 1. The number of hydrogen-bond acceptors (Lipinski definition) is 4. The SMILES string of the molecule is CN=C(NCCCNC(=O)OC(C)(C)C)NCc1ccc(Cl)nc1.I. The Labute approximate surface area is 171 Å². The maximum atomic E-state index is 11.5. The van der Waals surface area contributed by atoms with Gasteiger partial charge >= 0.3 is 6.09 Å². The molecule has 1 aromatic rings. The van der Waals surface area contributed by atoms with Gasteiger partial charge in [0.15, 0.2) is 5.96 Å². The van der Waals surface area contributed by atoms with Gasteiger partial charge in [0.2, 0.25) is 0 Å². The number of aliphatic imine (C=N–C) groups is 1. The molecular weight excluding hydrogens is 457 g/mol.